The molecule has 1 atom stereocenters. The Labute approximate surface area is 148 Å². The minimum absolute atomic E-state index is 0. The summed E-state index contributed by atoms with van der Waals surface area (Å²) in [6, 6.07) is 6.68. The number of halogens is 1. The Morgan fingerprint density at radius 3 is 2.67 bits per heavy atom. The van der Waals surface area contributed by atoms with Crippen molar-refractivity contribution < 1.29 is 12.8 Å². The maximum absolute atomic E-state index is 12.3. The predicted molar refractivity (Wildman–Crippen MR) is 94.7 cm³/mol. The molecule has 0 bridgehead atoms. The van der Waals surface area contributed by atoms with Crippen molar-refractivity contribution in [3.05, 3.63) is 36.4 Å². The molecule has 24 heavy (non-hydrogen) atoms. The molecule has 0 spiro atoms. The van der Waals surface area contributed by atoms with E-state index in [9.17, 15) is 8.42 Å². The third kappa shape index (κ3) is 4.57. The standard InChI is InChI=1S/C16H21N3O3S.ClH/c1-12-19-16(11-22-12)14-2-4-15(5-3-14)23(20,21)18-9-7-13-6-8-17-10-13;/h2-5,11,13,17-18H,6-10H2,1H3;1H. The van der Waals surface area contributed by atoms with Crippen molar-refractivity contribution in [3.8, 4) is 11.3 Å². The minimum Gasteiger partial charge on any atom is -0.449 e. The van der Waals surface area contributed by atoms with Crippen LogP contribution in [0.1, 0.15) is 18.7 Å². The Kier molecular flexibility index (Phi) is 6.40. The van der Waals surface area contributed by atoms with Gasteiger partial charge in [-0.3, -0.25) is 0 Å². The molecule has 6 nitrogen and oxygen atoms in total. The number of aryl methyl sites for hydroxylation is 1. The Morgan fingerprint density at radius 2 is 2.08 bits per heavy atom. The average molecular weight is 372 g/mol. The Balaban J connectivity index is 0.00000208. The Hall–Kier alpha value is -1.41. The molecule has 0 radical (unpaired) electrons. The van der Waals surface area contributed by atoms with Crippen LogP contribution in [-0.4, -0.2) is 33.0 Å². The fourth-order valence-corrected chi connectivity index (χ4v) is 3.79. The molecule has 3 rings (SSSR count). The normalized spacial score (nSPS) is 17.6. The van der Waals surface area contributed by atoms with Crippen LogP contribution in [0.5, 0.6) is 0 Å². The van der Waals surface area contributed by atoms with E-state index in [1.54, 1.807) is 37.5 Å². The van der Waals surface area contributed by atoms with Gasteiger partial charge in [-0.05, 0) is 44.0 Å². The molecule has 1 unspecified atom stereocenters. The molecule has 132 valence electrons. The van der Waals surface area contributed by atoms with E-state index in [1.165, 1.54) is 0 Å². The maximum Gasteiger partial charge on any atom is 0.240 e. The lowest BCUT2D eigenvalue weighted by Crippen LogP contribution is -2.26. The summed E-state index contributed by atoms with van der Waals surface area (Å²) in [4.78, 5) is 4.50. The van der Waals surface area contributed by atoms with Gasteiger partial charge >= 0.3 is 0 Å². The topological polar surface area (TPSA) is 84.2 Å². The molecule has 1 aliphatic rings. The van der Waals surface area contributed by atoms with Crippen molar-refractivity contribution >= 4 is 22.4 Å². The average Bonchev–Trinajstić information content (AvgIpc) is 3.19. The number of rotatable bonds is 6. The molecule has 1 saturated heterocycles. The SMILES string of the molecule is Cc1nc(-c2ccc(S(=O)(=O)NCCC3CCNC3)cc2)co1.Cl. The van der Waals surface area contributed by atoms with Crippen LogP contribution in [0.3, 0.4) is 0 Å². The maximum atomic E-state index is 12.3. The van der Waals surface area contributed by atoms with E-state index >= 15 is 0 Å². The first kappa shape index (κ1) is 18.9. The van der Waals surface area contributed by atoms with E-state index in [-0.39, 0.29) is 17.3 Å². The predicted octanol–water partition coefficient (Wildman–Crippen LogP) is 2.35. The van der Waals surface area contributed by atoms with Gasteiger partial charge in [-0.25, -0.2) is 18.1 Å². The molecular weight excluding hydrogens is 350 g/mol. The lowest BCUT2D eigenvalue weighted by molar-refractivity contribution is 0.519. The number of nitrogens with one attached hydrogen (secondary N) is 2. The summed E-state index contributed by atoms with van der Waals surface area (Å²) >= 11 is 0. The van der Waals surface area contributed by atoms with Gasteiger partial charge in [-0.2, -0.15) is 0 Å². The number of aromatic nitrogens is 1. The second-order valence-electron chi connectivity index (χ2n) is 5.82. The van der Waals surface area contributed by atoms with E-state index in [4.69, 9.17) is 4.42 Å². The van der Waals surface area contributed by atoms with Gasteiger partial charge < -0.3 is 9.73 Å². The van der Waals surface area contributed by atoms with Crippen molar-refractivity contribution in [1.29, 1.82) is 0 Å². The first-order valence-electron chi connectivity index (χ1n) is 7.77. The summed E-state index contributed by atoms with van der Waals surface area (Å²) < 4.78 is 32.4. The van der Waals surface area contributed by atoms with Gasteiger partial charge in [0.25, 0.3) is 0 Å². The monoisotopic (exact) mass is 371 g/mol. The van der Waals surface area contributed by atoms with Crippen LogP contribution in [0.2, 0.25) is 0 Å². The van der Waals surface area contributed by atoms with Crippen LogP contribution in [0.25, 0.3) is 11.3 Å². The molecule has 2 aromatic rings. The fourth-order valence-electron chi connectivity index (χ4n) is 2.74. The quantitative estimate of drug-likeness (QED) is 0.814. The second kappa shape index (κ2) is 8.11. The summed E-state index contributed by atoms with van der Waals surface area (Å²) in [7, 11) is -3.46. The summed E-state index contributed by atoms with van der Waals surface area (Å²) in [5.41, 5.74) is 1.53. The van der Waals surface area contributed by atoms with E-state index < -0.39 is 10.0 Å². The molecule has 0 amide bonds. The highest BCUT2D eigenvalue weighted by Crippen LogP contribution is 2.20. The van der Waals surface area contributed by atoms with Crippen molar-refractivity contribution in [2.24, 2.45) is 5.92 Å². The fraction of sp³-hybridized carbons (Fsp3) is 0.438. The molecule has 2 heterocycles. The number of hydrogen-bond donors (Lipinski definition) is 2. The van der Waals surface area contributed by atoms with Crippen LogP contribution >= 0.6 is 12.4 Å². The summed E-state index contributed by atoms with van der Waals surface area (Å²) in [5, 5.41) is 3.28. The first-order valence-corrected chi connectivity index (χ1v) is 9.26. The number of benzene rings is 1. The van der Waals surface area contributed by atoms with Gasteiger partial charge in [0.1, 0.15) is 12.0 Å². The third-order valence-corrected chi connectivity index (χ3v) is 5.56. The van der Waals surface area contributed by atoms with Crippen LogP contribution < -0.4 is 10.0 Å². The number of sulfonamides is 1. The molecule has 1 aliphatic heterocycles. The van der Waals surface area contributed by atoms with Gasteiger partial charge in [0, 0.05) is 19.0 Å². The van der Waals surface area contributed by atoms with E-state index in [2.05, 4.69) is 15.0 Å². The van der Waals surface area contributed by atoms with E-state index in [1.807, 2.05) is 0 Å². The Morgan fingerprint density at radius 1 is 1.33 bits per heavy atom. The zero-order chi connectivity index (χ0) is 16.3. The molecule has 8 heteroatoms. The lowest BCUT2D eigenvalue weighted by Gasteiger charge is -2.10. The van der Waals surface area contributed by atoms with Gasteiger partial charge in [0.2, 0.25) is 10.0 Å². The van der Waals surface area contributed by atoms with Gasteiger partial charge in [0.15, 0.2) is 5.89 Å². The van der Waals surface area contributed by atoms with Crippen LogP contribution in [0.15, 0.2) is 39.8 Å². The molecule has 2 N–H and O–H groups in total. The van der Waals surface area contributed by atoms with E-state index in [0.717, 1.165) is 31.5 Å². The first-order chi connectivity index (χ1) is 11.0. The highest BCUT2D eigenvalue weighted by atomic mass is 35.5. The molecule has 1 fully saturated rings. The number of hydrogen-bond acceptors (Lipinski definition) is 5. The second-order valence-corrected chi connectivity index (χ2v) is 7.59. The van der Waals surface area contributed by atoms with Gasteiger partial charge in [0.05, 0.1) is 4.90 Å². The van der Waals surface area contributed by atoms with Gasteiger partial charge in [-0.1, -0.05) is 12.1 Å². The van der Waals surface area contributed by atoms with E-state index in [0.29, 0.717) is 24.0 Å². The van der Waals surface area contributed by atoms with Crippen molar-refractivity contribution in [2.75, 3.05) is 19.6 Å². The minimum atomic E-state index is -3.46. The van der Waals surface area contributed by atoms with Crippen LogP contribution in [0.4, 0.5) is 0 Å². The largest absolute Gasteiger partial charge is 0.449 e. The molecule has 1 aromatic heterocycles. The highest BCUT2D eigenvalue weighted by molar-refractivity contribution is 7.89. The van der Waals surface area contributed by atoms with Crippen molar-refractivity contribution in [3.63, 3.8) is 0 Å². The number of nitrogens with zero attached hydrogens (tertiary/aromatic N) is 1. The van der Waals surface area contributed by atoms with Gasteiger partial charge in [-0.15, -0.1) is 12.4 Å². The third-order valence-electron chi connectivity index (χ3n) is 4.09. The summed E-state index contributed by atoms with van der Waals surface area (Å²) in [6.07, 6.45) is 3.54. The van der Waals surface area contributed by atoms with Crippen molar-refractivity contribution in [2.45, 2.75) is 24.7 Å². The lowest BCUT2D eigenvalue weighted by atomic mass is 10.1. The molecule has 0 saturated carbocycles. The molecule has 0 aliphatic carbocycles. The molecule has 1 aromatic carbocycles. The Bertz CT molecular complexity index is 753. The highest BCUT2D eigenvalue weighted by Gasteiger charge is 2.17. The zero-order valence-corrected chi connectivity index (χ0v) is 15.1. The summed E-state index contributed by atoms with van der Waals surface area (Å²) in [5.74, 6) is 1.15. The number of oxazole rings is 1. The summed E-state index contributed by atoms with van der Waals surface area (Å²) in [6.45, 7) is 4.25. The smallest absolute Gasteiger partial charge is 0.240 e. The molecular formula is C16H22ClN3O3S. The van der Waals surface area contributed by atoms with Crippen LogP contribution in [-0.2, 0) is 10.0 Å². The zero-order valence-electron chi connectivity index (χ0n) is 13.5. The van der Waals surface area contributed by atoms with Crippen molar-refractivity contribution in [1.82, 2.24) is 15.0 Å². The van der Waals surface area contributed by atoms with Crippen LogP contribution in [0, 0.1) is 12.8 Å².